The van der Waals surface area contributed by atoms with Gasteiger partial charge in [-0.25, -0.2) is 4.39 Å². The van der Waals surface area contributed by atoms with Gasteiger partial charge in [0.2, 0.25) is 0 Å². The van der Waals surface area contributed by atoms with Crippen LogP contribution in [-0.2, 0) is 20.9 Å². The van der Waals surface area contributed by atoms with E-state index < -0.39 is 11.9 Å². The molecule has 0 heterocycles. The third kappa shape index (κ3) is 4.15. The van der Waals surface area contributed by atoms with E-state index in [0.717, 1.165) is 11.1 Å². The van der Waals surface area contributed by atoms with Crippen LogP contribution in [0.25, 0.3) is 11.1 Å². The monoisotopic (exact) mass is 302 g/mol. The van der Waals surface area contributed by atoms with Gasteiger partial charge in [-0.3, -0.25) is 9.59 Å². The van der Waals surface area contributed by atoms with Crippen LogP contribution < -0.4 is 4.74 Å². The number of carbonyl (C=O) groups excluding carboxylic acids is 2. The number of hydrogen-bond acceptors (Lipinski definition) is 4. The number of benzene rings is 2. The highest BCUT2D eigenvalue weighted by Crippen LogP contribution is 2.28. The Morgan fingerprint density at radius 2 is 1.59 bits per heavy atom. The van der Waals surface area contributed by atoms with E-state index in [-0.39, 0.29) is 12.4 Å². The van der Waals surface area contributed by atoms with Gasteiger partial charge in [-0.2, -0.15) is 0 Å². The second-order valence-corrected chi connectivity index (χ2v) is 4.70. The van der Waals surface area contributed by atoms with Crippen LogP contribution in [0.15, 0.2) is 42.5 Å². The van der Waals surface area contributed by atoms with Crippen molar-refractivity contribution in [1.82, 2.24) is 0 Å². The summed E-state index contributed by atoms with van der Waals surface area (Å²) in [6.45, 7) is 2.59. The fraction of sp³-hybridized carbons (Fsp3) is 0.176. The summed E-state index contributed by atoms with van der Waals surface area (Å²) in [5, 5.41) is 0. The maximum absolute atomic E-state index is 13.0. The number of hydrogen-bond donors (Lipinski definition) is 0. The predicted molar refractivity (Wildman–Crippen MR) is 78.6 cm³/mol. The second-order valence-electron chi connectivity index (χ2n) is 4.70. The molecule has 0 aliphatic heterocycles. The van der Waals surface area contributed by atoms with Gasteiger partial charge in [0.25, 0.3) is 0 Å². The van der Waals surface area contributed by atoms with Crippen LogP contribution in [0.5, 0.6) is 5.75 Å². The Kier molecular flexibility index (Phi) is 4.88. The largest absolute Gasteiger partial charge is 0.461 e. The Morgan fingerprint density at radius 1 is 0.955 bits per heavy atom. The Labute approximate surface area is 127 Å². The Balaban J connectivity index is 2.36. The molecule has 2 rings (SSSR count). The molecule has 5 heteroatoms. The molecule has 2 aromatic carbocycles. The molecule has 0 spiro atoms. The van der Waals surface area contributed by atoms with Crippen molar-refractivity contribution in [3.05, 3.63) is 53.8 Å². The summed E-state index contributed by atoms with van der Waals surface area (Å²) in [5.41, 5.74) is 2.17. The topological polar surface area (TPSA) is 52.6 Å². The van der Waals surface area contributed by atoms with E-state index in [4.69, 9.17) is 9.47 Å². The summed E-state index contributed by atoms with van der Waals surface area (Å²) in [7, 11) is 0. The van der Waals surface area contributed by atoms with Crippen LogP contribution in [0.1, 0.15) is 19.4 Å². The van der Waals surface area contributed by atoms with E-state index in [1.807, 2.05) is 0 Å². The Morgan fingerprint density at radius 3 is 2.18 bits per heavy atom. The molecule has 0 radical (unpaired) electrons. The third-order valence-corrected chi connectivity index (χ3v) is 2.92. The minimum Gasteiger partial charge on any atom is -0.461 e. The molecule has 0 atom stereocenters. The van der Waals surface area contributed by atoms with E-state index >= 15 is 0 Å². The summed E-state index contributed by atoms with van der Waals surface area (Å²) in [4.78, 5) is 22.1. The fourth-order valence-corrected chi connectivity index (χ4v) is 1.95. The smallest absolute Gasteiger partial charge is 0.308 e. The van der Waals surface area contributed by atoms with E-state index in [1.54, 1.807) is 30.3 Å². The average Bonchev–Trinajstić information content (AvgIpc) is 2.46. The maximum atomic E-state index is 13.0. The molecule has 114 valence electrons. The highest BCUT2D eigenvalue weighted by Gasteiger charge is 2.10. The van der Waals surface area contributed by atoms with E-state index in [2.05, 4.69) is 0 Å². The lowest BCUT2D eigenvalue weighted by Crippen LogP contribution is -2.06. The number of esters is 2. The van der Waals surface area contributed by atoms with Crippen LogP contribution in [0, 0.1) is 5.82 Å². The first kappa shape index (κ1) is 15.7. The molecule has 0 aliphatic rings. The molecule has 0 fully saturated rings. The molecule has 0 N–H and O–H groups in total. The molecule has 2 aromatic rings. The highest BCUT2D eigenvalue weighted by molar-refractivity contribution is 5.72. The van der Waals surface area contributed by atoms with Gasteiger partial charge >= 0.3 is 11.9 Å². The summed E-state index contributed by atoms with van der Waals surface area (Å²) in [6.07, 6.45) is 0. The summed E-state index contributed by atoms with van der Waals surface area (Å²) in [6, 6.07) is 11.1. The van der Waals surface area contributed by atoms with E-state index in [0.29, 0.717) is 11.3 Å². The minimum absolute atomic E-state index is 0.00696. The second kappa shape index (κ2) is 6.85. The molecule has 0 aromatic heterocycles. The predicted octanol–water partition coefficient (Wildman–Crippen LogP) is 3.48. The van der Waals surface area contributed by atoms with E-state index in [1.165, 1.54) is 26.0 Å². The van der Waals surface area contributed by atoms with Gasteiger partial charge < -0.3 is 9.47 Å². The molecule has 0 unspecified atom stereocenters. The lowest BCUT2D eigenvalue weighted by Gasteiger charge is -2.11. The lowest BCUT2D eigenvalue weighted by molar-refractivity contribution is -0.142. The number of carbonyl (C=O) groups is 2. The van der Waals surface area contributed by atoms with Crippen molar-refractivity contribution in [2.75, 3.05) is 0 Å². The molecule has 4 nitrogen and oxygen atoms in total. The van der Waals surface area contributed by atoms with Gasteiger partial charge in [0.1, 0.15) is 18.2 Å². The molecule has 0 saturated carbocycles. The fourth-order valence-electron chi connectivity index (χ4n) is 1.95. The van der Waals surface area contributed by atoms with Crippen molar-refractivity contribution in [3.63, 3.8) is 0 Å². The average molecular weight is 302 g/mol. The van der Waals surface area contributed by atoms with Crippen LogP contribution in [0.3, 0.4) is 0 Å². The first-order chi connectivity index (χ1) is 10.5. The zero-order valence-corrected chi connectivity index (χ0v) is 12.3. The zero-order valence-electron chi connectivity index (χ0n) is 12.3. The summed E-state index contributed by atoms with van der Waals surface area (Å²) in [5.74, 6) is -0.875. The highest BCUT2D eigenvalue weighted by atomic mass is 19.1. The SMILES string of the molecule is CC(=O)OCc1cc(-c2ccc(F)cc2)ccc1OC(C)=O. The van der Waals surface area contributed by atoms with Crippen LogP contribution >= 0.6 is 0 Å². The Hall–Kier alpha value is -2.69. The molecular formula is C17H15FO4. The van der Waals surface area contributed by atoms with Crippen molar-refractivity contribution in [3.8, 4) is 16.9 Å². The number of halogens is 1. The van der Waals surface area contributed by atoms with Crippen molar-refractivity contribution in [2.24, 2.45) is 0 Å². The third-order valence-electron chi connectivity index (χ3n) is 2.92. The summed E-state index contributed by atoms with van der Waals surface area (Å²) >= 11 is 0. The normalized spacial score (nSPS) is 10.1. The van der Waals surface area contributed by atoms with Gasteiger partial charge in [-0.15, -0.1) is 0 Å². The molecule has 0 saturated heterocycles. The van der Waals surface area contributed by atoms with Gasteiger partial charge in [-0.05, 0) is 35.4 Å². The number of rotatable bonds is 4. The minimum atomic E-state index is -0.460. The first-order valence-corrected chi connectivity index (χ1v) is 6.66. The van der Waals surface area contributed by atoms with Crippen LogP contribution in [0.2, 0.25) is 0 Å². The van der Waals surface area contributed by atoms with Crippen LogP contribution in [0.4, 0.5) is 4.39 Å². The van der Waals surface area contributed by atoms with Gasteiger partial charge in [0, 0.05) is 19.4 Å². The lowest BCUT2D eigenvalue weighted by atomic mass is 10.0. The Bertz CT molecular complexity index is 692. The molecule has 0 bridgehead atoms. The van der Waals surface area contributed by atoms with Crippen LogP contribution in [-0.4, -0.2) is 11.9 Å². The number of ether oxygens (including phenoxy) is 2. The first-order valence-electron chi connectivity index (χ1n) is 6.66. The quantitative estimate of drug-likeness (QED) is 0.641. The molecule has 0 amide bonds. The van der Waals surface area contributed by atoms with Crippen molar-refractivity contribution < 1.29 is 23.5 Å². The molecule has 0 aliphatic carbocycles. The van der Waals surface area contributed by atoms with Gasteiger partial charge in [0.05, 0.1) is 0 Å². The van der Waals surface area contributed by atoms with Gasteiger partial charge in [0.15, 0.2) is 0 Å². The van der Waals surface area contributed by atoms with E-state index in [9.17, 15) is 14.0 Å². The maximum Gasteiger partial charge on any atom is 0.308 e. The van der Waals surface area contributed by atoms with Crippen molar-refractivity contribution in [1.29, 1.82) is 0 Å². The summed E-state index contributed by atoms with van der Waals surface area (Å²) < 4.78 is 23.1. The zero-order chi connectivity index (χ0) is 16.1. The van der Waals surface area contributed by atoms with Gasteiger partial charge in [-0.1, -0.05) is 18.2 Å². The van der Waals surface area contributed by atoms with Crippen molar-refractivity contribution in [2.45, 2.75) is 20.5 Å². The standard InChI is InChI=1S/C17H15FO4/c1-11(19)21-10-15-9-14(5-8-17(15)22-12(2)20)13-3-6-16(18)7-4-13/h3-9H,10H2,1-2H3. The van der Waals surface area contributed by atoms with Crippen molar-refractivity contribution >= 4 is 11.9 Å². The molecular weight excluding hydrogens is 287 g/mol. The molecule has 22 heavy (non-hydrogen) atoms.